The molecule has 1 saturated heterocycles. The largest absolute Gasteiger partial charge is 0.493 e. The number of ether oxygens (including phenoxy) is 3. The maximum Gasteiger partial charge on any atom is 0.228 e. The Morgan fingerprint density at radius 1 is 1.27 bits per heavy atom. The molecular formula is C22H26N2O5S. The molecule has 0 radical (unpaired) electrons. The molecule has 2 amide bonds. The summed E-state index contributed by atoms with van der Waals surface area (Å²) in [6, 6.07) is 7.40. The third-order valence-electron chi connectivity index (χ3n) is 5.02. The minimum absolute atomic E-state index is 0.0495. The molecule has 1 aromatic heterocycles. The van der Waals surface area contributed by atoms with E-state index in [2.05, 4.69) is 6.58 Å². The van der Waals surface area contributed by atoms with Gasteiger partial charge < -0.3 is 24.0 Å². The number of hydrogen-bond acceptors (Lipinski definition) is 6. The summed E-state index contributed by atoms with van der Waals surface area (Å²) in [5.41, 5.74) is 0.610. The molecule has 1 aliphatic rings. The number of methoxy groups -OCH3 is 3. The first-order chi connectivity index (χ1) is 14.5. The van der Waals surface area contributed by atoms with Crippen molar-refractivity contribution in [3.8, 4) is 17.2 Å². The van der Waals surface area contributed by atoms with Crippen LogP contribution in [-0.2, 0) is 16.1 Å². The standard InChI is InChI=1S/C22H26N2O5S/c1-5-8-23(14-17-7-6-9-30-17)22(26)15-10-20(25)24(13-15)16-11-18(27-2)21(29-4)19(12-16)28-3/h5-7,9,11-12,15H,1,8,10,13-14H2,2-4H3. The summed E-state index contributed by atoms with van der Waals surface area (Å²) < 4.78 is 16.1. The second kappa shape index (κ2) is 9.67. The van der Waals surface area contributed by atoms with E-state index in [4.69, 9.17) is 14.2 Å². The van der Waals surface area contributed by atoms with E-state index in [0.717, 1.165) is 4.88 Å². The summed E-state index contributed by atoms with van der Waals surface area (Å²) in [4.78, 5) is 30.4. The zero-order valence-electron chi connectivity index (χ0n) is 17.4. The first-order valence-corrected chi connectivity index (χ1v) is 10.4. The van der Waals surface area contributed by atoms with Crippen molar-refractivity contribution in [1.82, 2.24) is 4.90 Å². The van der Waals surface area contributed by atoms with Gasteiger partial charge in [-0.2, -0.15) is 0 Å². The molecule has 1 unspecified atom stereocenters. The molecule has 0 bridgehead atoms. The van der Waals surface area contributed by atoms with Crippen molar-refractivity contribution in [2.75, 3.05) is 39.3 Å². The second-order valence-corrected chi connectivity index (χ2v) is 7.91. The zero-order valence-corrected chi connectivity index (χ0v) is 18.2. The molecule has 7 nitrogen and oxygen atoms in total. The Labute approximate surface area is 180 Å². The predicted molar refractivity (Wildman–Crippen MR) is 116 cm³/mol. The van der Waals surface area contributed by atoms with Gasteiger partial charge in [0.15, 0.2) is 11.5 Å². The molecule has 160 valence electrons. The SMILES string of the molecule is C=CCN(Cc1cccs1)C(=O)C1CC(=O)N(c2cc(OC)c(OC)c(OC)c2)C1. The van der Waals surface area contributed by atoms with Gasteiger partial charge in [-0.25, -0.2) is 0 Å². The number of hydrogen-bond donors (Lipinski definition) is 0. The van der Waals surface area contributed by atoms with Gasteiger partial charge in [-0.05, 0) is 11.4 Å². The predicted octanol–water partition coefficient (Wildman–Crippen LogP) is 3.34. The van der Waals surface area contributed by atoms with Crippen molar-refractivity contribution in [3.05, 3.63) is 47.2 Å². The van der Waals surface area contributed by atoms with Gasteiger partial charge in [-0.3, -0.25) is 9.59 Å². The van der Waals surface area contributed by atoms with Crippen molar-refractivity contribution in [1.29, 1.82) is 0 Å². The fraction of sp³-hybridized carbons (Fsp3) is 0.364. The topological polar surface area (TPSA) is 68.3 Å². The van der Waals surface area contributed by atoms with Crippen LogP contribution in [0, 0.1) is 5.92 Å². The van der Waals surface area contributed by atoms with Crippen LogP contribution in [0.2, 0.25) is 0 Å². The van der Waals surface area contributed by atoms with Gasteiger partial charge in [0, 0.05) is 36.5 Å². The number of carbonyl (C=O) groups excluding carboxylic acids is 2. The third-order valence-corrected chi connectivity index (χ3v) is 5.88. The monoisotopic (exact) mass is 430 g/mol. The normalized spacial score (nSPS) is 15.8. The lowest BCUT2D eigenvalue weighted by atomic mass is 10.1. The lowest BCUT2D eigenvalue weighted by Crippen LogP contribution is -2.37. The van der Waals surface area contributed by atoms with Gasteiger partial charge >= 0.3 is 0 Å². The van der Waals surface area contributed by atoms with E-state index in [1.54, 1.807) is 39.3 Å². The molecular weight excluding hydrogens is 404 g/mol. The summed E-state index contributed by atoms with van der Waals surface area (Å²) in [6.45, 7) is 5.01. The van der Waals surface area contributed by atoms with Gasteiger partial charge in [0.2, 0.25) is 17.6 Å². The molecule has 3 rings (SSSR count). The van der Waals surface area contributed by atoms with E-state index < -0.39 is 5.92 Å². The molecule has 1 aliphatic heterocycles. The minimum Gasteiger partial charge on any atom is -0.493 e. The van der Waals surface area contributed by atoms with Crippen LogP contribution in [0.25, 0.3) is 0 Å². The van der Waals surface area contributed by atoms with Crippen LogP contribution in [0.15, 0.2) is 42.3 Å². The van der Waals surface area contributed by atoms with E-state index in [9.17, 15) is 9.59 Å². The highest BCUT2D eigenvalue weighted by atomic mass is 32.1. The molecule has 0 N–H and O–H groups in total. The Balaban J connectivity index is 1.81. The zero-order chi connectivity index (χ0) is 21.7. The van der Waals surface area contributed by atoms with Gasteiger partial charge in [0.1, 0.15) is 0 Å². The van der Waals surface area contributed by atoms with Gasteiger partial charge in [-0.1, -0.05) is 12.1 Å². The third kappa shape index (κ3) is 4.43. The van der Waals surface area contributed by atoms with Crippen molar-refractivity contribution in [2.24, 2.45) is 5.92 Å². The van der Waals surface area contributed by atoms with Crippen molar-refractivity contribution in [2.45, 2.75) is 13.0 Å². The van der Waals surface area contributed by atoms with E-state index in [1.165, 1.54) is 21.3 Å². The average molecular weight is 431 g/mol. The second-order valence-electron chi connectivity index (χ2n) is 6.88. The smallest absolute Gasteiger partial charge is 0.228 e. The highest BCUT2D eigenvalue weighted by molar-refractivity contribution is 7.09. The molecule has 0 saturated carbocycles. The molecule has 2 aromatic rings. The minimum atomic E-state index is -0.420. The summed E-state index contributed by atoms with van der Waals surface area (Å²) in [6.07, 6.45) is 1.87. The summed E-state index contributed by atoms with van der Waals surface area (Å²) in [5.74, 6) is 0.789. The number of amides is 2. The summed E-state index contributed by atoms with van der Waals surface area (Å²) in [7, 11) is 4.57. The molecule has 0 spiro atoms. The first-order valence-electron chi connectivity index (χ1n) is 9.54. The van der Waals surface area contributed by atoms with Crippen LogP contribution < -0.4 is 19.1 Å². The Morgan fingerprint density at radius 3 is 2.50 bits per heavy atom. The summed E-state index contributed by atoms with van der Waals surface area (Å²) in [5, 5.41) is 1.98. The molecule has 8 heteroatoms. The first kappa shape index (κ1) is 21.7. The number of carbonyl (C=O) groups is 2. The van der Waals surface area contributed by atoms with Crippen LogP contribution in [0.5, 0.6) is 17.2 Å². The van der Waals surface area contributed by atoms with E-state index in [0.29, 0.717) is 42.6 Å². The number of thiophene rings is 1. The molecule has 1 aromatic carbocycles. The van der Waals surface area contributed by atoms with E-state index in [1.807, 2.05) is 17.5 Å². The van der Waals surface area contributed by atoms with Crippen LogP contribution in [0.1, 0.15) is 11.3 Å². The van der Waals surface area contributed by atoms with Crippen LogP contribution in [-0.4, -0.2) is 51.1 Å². The number of rotatable bonds is 9. The van der Waals surface area contributed by atoms with Crippen molar-refractivity contribution >= 4 is 28.8 Å². The quantitative estimate of drug-likeness (QED) is 0.571. The molecule has 1 atom stereocenters. The highest BCUT2D eigenvalue weighted by Gasteiger charge is 2.37. The number of benzene rings is 1. The molecule has 0 aliphatic carbocycles. The Morgan fingerprint density at radius 2 is 1.97 bits per heavy atom. The van der Waals surface area contributed by atoms with Crippen LogP contribution in [0.4, 0.5) is 5.69 Å². The Kier molecular flexibility index (Phi) is 6.99. The lowest BCUT2D eigenvalue weighted by Gasteiger charge is -2.24. The van der Waals surface area contributed by atoms with Gasteiger partial charge in [0.05, 0.1) is 39.5 Å². The van der Waals surface area contributed by atoms with Crippen molar-refractivity contribution in [3.63, 3.8) is 0 Å². The van der Waals surface area contributed by atoms with Crippen LogP contribution >= 0.6 is 11.3 Å². The average Bonchev–Trinajstić information content (AvgIpc) is 3.41. The van der Waals surface area contributed by atoms with Crippen LogP contribution in [0.3, 0.4) is 0 Å². The van der Waals surface area contributed by atoms with Gasteiger partial charge in [-0.15, -0.1) is 17.9 Å². The molecule has 2 heterocycles. The Hall–Kier alpha value is -3.00. The van der Waals surface area contributed by atoms with E-state index in [-0.39, 0.29) is 18.2 Å². The summed E-state index contributed by atoms with van der Waals surface area (Å²) >= 11 is 1.60. The fourth-order valence-corrected chi connectivity index (χ4v) is 4.30. The maximum absolute atomic E-state index is 13.2. The fourth-order valence-electron chi connectivity index (χ4n) is 3.58. The molecule has 30 heavy (non-hydrogen) atoms. The van der Waals surface area contributed by atoms with Crippen molar-refractivity contribution < 1.29 is 23.8 Å². The van der Waals surface area contributed by atoms with E-state index >= 15 is 0 Å². The Bertz CT molecular complexity index is 887. The highest BCUT2D eigenvalue weighted by Crippen LogP contribution is 2.42. The van der Waals surface area contributed by atoms with Gasteiger partial charge in [0.25, 0.3) is 0 Å². The molecule has 1 fully saturated rings. The number of nitrogens with zero attached hydrogens (tertiary/aromatic N) is 2. The number of anilines is 1. The maximum atomic E-state index is 13.2. The lowest BCUT2D eigenvalue weighted by molar-refractivity contribution is -0.135.